The fourth-order valence-corrected chi connectivity index (χ4v) is 0.836. The van der Waals surface area contributed by atoms with E-state index in [1.54, 1.807) is 0 Å². The lowest BCUT2D eigenvalue weighted by Gasteiger charge is -2.11. The molecule has 0 bridgehead atoms. The van der Waals surface area contributed by atoms with Crippen molar-refractivity contribution < 1.29 is 23.1 Å². The number of carbonyl (C=O) groups excluding carboxylic acids is 1. The largest absolute Gasteiger partial charge is 0.512 e. The van der Waals surface area contributed by atoms with Gasteiger partial charge in [0.15, 0.2) is 5.78 Å². The Balaban J connectivity index is 5.11. The Kier molecular flexibility index (Phi) is 3.97. The maximum Gasteiger partial charge on any atom is 0.423 e. The number of ketones is 1. The van der Waals surface area contributed by atoms with Crippen molar-refractivity contribution in [2.45, 2.75) is 32.9 Å². The van der Waals surface area contributed by atoms with Crippen LogP contribution in [0.5, 0.6) is 0 Å². The number of Topliss-reactive ketones (excluding diaryl/α,β-unsaturated/α-hetero) is 1. The zero-order valence-electron chi connectivity index (χ0n) is 7.40. The number of allylic oxidation sites excluding steroid dienone is 2. The summed E-state index contributed by atoms with van der Waals surface area (Å²) in [6.45, 7) is 2.67. The summed E-state index contributed by atoms with van der Waals surface area (Å²) in [6, 6.07) is 0. The van der Waals surface area contributed by atoms with Crippen LogP contribution >= 0.6 is 0 Å². The van der Waals surface area contributed by atoms with Crippen molar-refractivity contribution in [1.82, 2.24) is 0 Å². The van der Waals surface area contributed by atoms with Crippen LogP contribution in [0.3, 0.4) is 0 Å². The molecule has 0 radical (unpaired) electrons. The number of hydrogen-bond donors (Lipinski definition) is 1. The third kappa shape index (κ3) is 3.08. The summed E-state index contributed by atoms with van der Waals surface area (Å²) in [6.07, 6.45) is -5.22. The Morgan fingerprint density at radius 1 is 1.23 bits per heavy atom. The van der Waals surface area contributed by atoms with E-state index in [4.69, 9.17) is 5.11 Å². The standard InChI is InChI=1S/C8H11F3O2/c1-3-5(12)7(6(13)4-2)8(9,10)11/h12H,3-4H2,1-2H3/b7-5+. The summed E-state index contributed by atoms with van der Waals surface area (Å²) >= 11 is 0. The number of halogens is 3. The molecular weight excluding hydrogens is 185 g/mol. The van der Waals surface area contributed by atoms with Crippen molar-refractivity contribution in [3.05, 3.63) is 11.3 Å². The van der Waals surface area contributed by atoms with Crippen LogP contribution in [0, 0.1) is 0 Å². The molecule has 5 heteroatoms. The minimum atomic E-state index is -4.76. The second-order valence-electron chi connectivity index (χ2n) is 2.45. The van der Waals surface area contributed by atoms with Gasteiger partial charge in [-0.05, 0) is 0 Å². The van der Waals surface area contributed by atoms with E-state index in [9.17, 15) is 18.0 Å². The Bertz CT molecular complexity index is 228. The summed E-state index contributed by atoms with van der Waals surface area (Å²) in [4.78, 5) is 10.8. The number of aliphatic hydroxyl groups excluding tert-OH is 1. The molecule has 0 aromatic carbocycles. The lowest BCUT2D eigenvalue weighted by Crippen LogP contribution is -2.21. The third-order valence-corrected chi connectivity index (χ3v) is 1.51. The first-order valence-electron chi connectivity index (χ1n) is 3.87. The molecule has 0 aromatic rings. The molecule has 0 fully saturated rings. The number of aliphatic hydroxyl groups is 1. The molecule has 0 aliphatic rings. The molecule has 0 unspecified atom stereocenters. The van der Waals surface area contributed by atoms with E-state index >= 15 is 0 Å². The predicted molar refractivity (Wildman–Crippen MR) is 41.3 cm³/mol. The van der Waals surface area contributed by atoms with Gasteiger partial charge < -0.3 is 5.11 Å². The molecule has 0 aromatic heterocycles. The van der Waals surface area contributed by atoms with E-state index in [1.165, 1.54) is 13.8 Å². The Hall–Kier alpha value is -1.00. The average molecular weight is 196 g/mol. The minimum Gasteiger partial charge on any atom is -0.512 e. The van der Waals surface area contributed by atoms with Gasteiger partial charge in [-0.3, -0.25) is 4.79 Å². The van der Waals surface area contributed by atoms with Crippen molar-refractivity contribution >= 4 is 5.78 Å². The van der Waals surface area contributed by atoms with E-state index in [0.29, 0.717) is 0 Å². The maximum absolute atomic E-state index is 12.2. The summed E-state index contributed by atoms with van der Waals surface area (Å²) in [7, 11) is 0. The third-order valence-electron chi connectivity index (χ3n) is 1.51. The molecule has 0 saturated heterocycles. The number of rotatable bonds is 3. The van der Waals surface area contributed by atoms with E-state index in [-0.39, 0.29) is 12.8 Å². The molecule has 13 heavy (non-hydrogen) atoms. The van der Waals surface area contributed by atoms with Gasteiger partial charge in [0.05, 0.1) is 0 Å². The molecule has 0 heterocycles. The summed E-state index contributed by atoms with van der Waals surface area (Å²) < 4.78 is 36.5. The lowest BCUT2D eigenvalue weighted by molar-refractivity contribution is -0.129. The summed E-state index contributed by atoms with van der Waals surface area (Å²) in [5.74, 6) is -1.97. The molecule has 0 rings (SSSR count). The van der Waals surface area contributed by atoms with Gasteiger partial charge in [-0.1, -0.05) is 13.8 Å². The van der Waals surface area contributed by atoms with Gasteiger partial charge in [-0.15, -0.1) is 0 Å². The second kappa shape index (κ2) is 4.30. The predicted octanol–water partition coefficient (Wildman–Crippen LogP) is 2.75. The first-order chi connectivity index (χ1) is 5.84. The molecule has 2 nitrogen and oxygen atoms in total. The maximum atomic E-state index is 12.2. The van der Waals surface area contributed by atoms with Crippen LogP contribution in [0.1, 0.15) is 26.7 Å². The molecule has 76 valence electrons. The number of hydrogen-bond acceptors (Lipinski definition) is 2. The van der Waals surface area contributed by atoms with Crippen LogP contribution in [0.2, 0.25) is 0 Å². The van der Waals surface area contributed by atoms with Gasteiger partial charge >= 0.3 is 6.18 Å². The highest BCUT2D eigenvalue weighted by Crippen LogP contribution is 2.29. The van der Waals surface area contributed by atoms with Gasteiger partial charge in [0.2, 0.25) is 0 Å². The van der Waals surface area contributed by atoms with Crippen molar-refractivity contribution in [2.75, 3.05) is 0 Å². The smallest absolute Gasteiger partial charge is 0.423 e. The summed E-state index contributed by atoms with van der Waals surface area (Å²) in [5, 5.41) is 8.89. The van der Waals surface area contributed by atoms with Crippen molar-refractivity contribution in [3.8, 4) is 0 Å². The number of carbonyl (C=O) groups is 1. The Morgan fingerprint density at radius 3 is 1.92 bits per heavy atom. The molecule has 1 N–H and O–H groups in total. The monoisotopic (exact) mass is 196 g/mol. The van der Waals surface area contributed by atoms with E-state index < -0.39 is 23.3 Å². The zero-order chi connectivity index (χ0) is 10.6. The molecule has 0 aliphatic carbocycles. The van der Waals surface area contributed by atoms with Crippen LogP contribution in [0.25, 0.3) is 0 Å². The van der Waals surface area contributed by atoms with Gasteiger partial charge in [0, 0.05) is 12.8 Å². The highest BCUT2D eigenvalue weighted by molar-refractivity contribution is 5.96. The normalized spacial score (nSPS) is 13.9. The molecule has 0 spiro atoms. The molecule has 0 atom stereocenters. The van der Waals surface area contributed by atoms with Gasteiger partial charge in [0.25, 0.3) is 0 Å². The van der Waals surface area contributed by atoms with E-state index in [1.807, 2.05) is 0 Å². The van der Waals surface area contributed by atoms with Crippen LogP contribution in [0.4, 0.5) is 13.2 Å². The molecule has 0 saturated carbocycles. The van der Waals surface area contributed by atoms with Gasteiger partial charge in [0.1, 0.15) is 11.3 Å². The van der Waals surface area contributed by atoms with E-state index in [0.717, 1.165) is 0 Å². The van der Waals surface area contributed by atoms with Crippen LogP contribution in [-0.2, 0) is 4.79 Å². The highest BCUT2D eigenvalue weighted by atomic mass is 19.4. The Morgan fingerprint density at radius 2 is 1.69 bits per heavy atom. The molecular formula is C8H11F3O2. The Labute approximate surface area is 74.1 Å². The summed E-state index contributed by atoms with van der Waals surface area (Å²) in [5.41, 5.74) is -1.42. The van der Waals surface area contributed by atoms with Gasteiger partial charge in [-0.25, -0.2) is 0 Å². The minimum absolute atomic E-state index is 0.194. The molecule has 0 amide bonds. The first kappa shape index (κ1) is 12.0. The topological polar surface area (TPSA) is 37.3 Å². The highest BCUT2D eigenvalue weighted by Gasteiger charge is 2.40. The molecule has 0 aliphatic heterocycles. The fraction of sp³-hybridized carbons (Fsp3) is 0.625. The fourth-order valence-electron chi connectivity index (χ4n) is 0.836. The van der Waals surface area contributed by atoms with Crippen LogP contribution in [-0.4, -0.2) is 17.1 Å². The van der Waals surface area contributed by atoms with Crippen LogP contribution in [0.15, 0.2) is 11.3 Å². The quantitative estimate of drug-likeness (QED) is 0.556. The SMILES string of the molecule is CCC(=O)/C(=C(\O)CC)C(F)(F)F. The second-order valence-corrected chi connectivity index (χ2v) is 2.45. The van der Waals surface area contributed by atoms with Crippen LogP contribution < -0.4 is 0 Å². The zero-order valence-corrected chi connectivity index (χ0v) is 7.40. The lowest BCUT2D eigenvalue weighted by atomic mass is 10.1. The van der Waals surface area contributed by atoms with Crippen molar-refractivity contribution in [2.24, 2.45) is 0 Å². The van der Waals surface area contributed by atoms with Gasteiger partial charge in [-0.2, -0.15) is 13.2 Å². The average Bonchev–Trinajstić information content (AvgIpc) is 2.01. The van der Waals surface area contributed by atoms with Crippen molar-refractivity contribution in [1.29, 1.82) is 0 Å². The van der Waals surface area contributed by atoms with Crippen molar-refractivity contribution in [3.63, 3.8) is 0 Å². The first-order valence-corrected chi connectivity index (χ1v) is 3.87. The van der Waals surface area contributed by atoms with E-state index in [2.05, 4.69) is 0 Å². The number of alkyl halides is 3.